The van der Waals surface area contributed by atoms with E-state index in [1.165, 1.54) is 0 Å². The van der Waals surface area contributed by atoms with Gasteiger partial charge in [0, 0.05) is 42.1 Å². The molecule has 0 bridgehead atoms. The molecular weight excluding hydrogens is 366 g/mol. The van der Waals surface area contributed by atoms with Crippen molar-refractivity contribution >= 4 is 28.5 Å². The average molecular weight is 382 g/mol. The molecule has 1 aromatic heterocycles. The lowest BCUT2D eigenvalue weighted by Gasteiger charge is -2.35. The van der Waals surface area contributed by atoms with Crippen molar-refractivity contribution < 1.29 is 14.5 Å². The molecule has 1 saturated heterocycles. The van der Waals surface area contributed by atoms with E-state index in [2.05, 4.69) is 26.8 Å². The first-order valence-electron chi connectivity index (χ1n) is 8.55. The molecule has 136 valence electrons. The van der Waals surface area contributed by atoms with E-state index in [0.29, 0.717) is 47.6 Å². The van der Waals surface area contributed by atoms with E-state index >= 15 is 0 Å². The van der Waals surface area contributed by atoms with Gasteiger partial charge in [0.25, 0.3) is 5.91 Å². The zero-order valence-electron chi connectivity index (χ0n) is 14.4. The molecule has 6 nitrogen and oxygen atoms in total. The molecule has 1 aliphatic rings. The molecule has 27 heavy (non-hydrogen) atoms. The molecular formula is C20H16ClN3O3. The lowest BCUT2D eigenvalue weighted by Crippen LogP contribution is -2.46. The summed E-state index contributed by atoms with van der Waals surface area (Å²) in [6, 6.07) is 12.3. The van der Waals surface area contributed by atoms with E-state index in [9.17, 15) is 9.90 Å². The fourth-order valence-electron chi connectivity index (χ4n) is 3.06. The van der Waals surface area contributed by atoms with E-state index in [1.54, 1.807) is 35.2 Å². The fourth-order valence-corrected chi connectivity index (χ4v) is 3.25. The quantitative estimate of drug-likeness (QED) is 0.656. The number of rotatable bonds is 1. The van der Waals surface area contributed by atoms with Gasteiger partial charge in [-0.1, -0.05) is 29.5 Å². The van der Waals surface area contributed by atoms with Crippen molar-refractivity contribution in [2.24, 2.45) is 0 Å². The van der Waals surface area contributed by atoms with E-state index in [1.807, 2.05) is 12.1 Å². The van der Waals surface area contributed by atoms with Crippen LogP contribution in [0.4, 0.5) is 0 Å². The lowest BCUT2D eigenvalue weighted by molar-refractivity contribution is 0.0249. The van der Waals surface area contributed by atoms with Crippen LogP contribution in [0.1, 0.15) is 28.8 Å². The summed E-state index contributed by atoms with van der Waals surface area (Å²) in [7, 11) is 0. The van der Waals surface area contributed by atoms with E-state index in [0.717, 1.165) is 5.56 Å². The number of fused-ring (bicyclic) bond motifs is 1. The highest BCUT2D eigenvalue weighted by Crippen LogP contribution is 2.24. The van der Waals surface area contributed by atoms with Gasteiger partial charge < -0.3 is 10.0 Å². The van der Waals surface area contributed by atoms with Crippen molar-refractivity contribution in [1.29, 1.82) is 0 Å². The molecule has 0 atom stereocenters. The van der Waals surface area contributed by atoms with Crippen LogP contribution >= 0.6 is 11.6 Å². The van der Waals surface area contributed by atoms with Gasteiger partial charge in [0.1, 0.15) is 16.6 Å². The second-order valence-electron chi connectivity index (χ2n) is 6.55. The minimum Gasteiger partial charge on any atom is -0.377 e. The van der Waals surface area contributed by atoms with Gasteiger partial charge >= 0.3 is 0 Å². The highest BCUT2D eigenvalue weighted by molar-refractivity contribution is 6.30. The van der Waals surface area contributed by atoms with Crippen LogP contribution in [-0.4, -0.2) is 44.9 Å². The molecule has 0 radical (unpaired) electrons. The molecule has 4 rings (SSSR count). The van der Waals surface area contributed by atoms with E-state index in [-0.39, 0.29) is 5.91 Å². The third-order valence-corrected chi connectivity index (χ3v) is 4.88. The molecule has 2 heterocycles. The SMILES string of the molecule is O=C(c1ccc2nonc2c1)N1CCC(O)(C#Cc2cccc(Cl)c2)CC1. The summed E-state index contributed by atoms with van der Waals surface area (Å²) in [6.45, 7) is 0.851. The number of amides is 1. The van der Waals surface area contributed by atoms with E-state index in [4.69, 9.17) is 11.6 Å². The Hall–Kier alpha value is -2.88. The van der Waals surface area contributed by atoms with Gasteiger partial charge in [0.2, 0.25) is 0 Å². The van der Waals surface area contributed by atoms with Crippen LogP contribution in [0, 0.1) is 11.8 Å². The number of aliphatic hydroxyl groups is 1. The zero-order chi connectivity index (χ0) is 18.9. The summed E-state index contributed by atoms with van der Waals surface area (Å²) in [5.41, 5.74) is 1.31. The lowest BCUT2D eigenvalue weighted by atomic mass is 9.91. The summed E-state index contributed by atoms with van der Waals surface area (Å²) in [5.74, 6) is 5.81. The molecule has 1 fully saturated rings. The Morgan fingerprint density at radius 1 is 1.15 bits per heavy atom. The van der Waals surface area contributed by atoms with Crippen LogP contribution in [0.15, 0.2) is 47.1 Å². The van der Waals surface area contributed by atoms with Crippen LogP contribution in [0.3, 0.4) is 0 Å². The van der Waals surface area contributed by atoms with E-state index < -0.39 is 5.60 Å². The molecule has 1 amide bonds. The molecule has 1 N–H and O–H groups in total. The molecule has 1 aliphatic heterocycles. The number of hydrogen-bond acceptors (Lipinski definition) is 5. The smallest absolute Gasteiger partial charge is 0.253 e. The van der Waals surface area contributed by atoms with Crippen molar-refractivity contribution in [3.05, 3.63) is 58.6 Å². The second-order valence-corrected chi connectivity index (χ2v) is 6.99. The van der Waals surface area contributed by atoms with Gasteiger partial charge in [0.05, 0.1) is 0 Å². The van der Waals surface area contributed by atoms with Crippen LogP contribution in [0.5, 0.6) is 0 Å². The van der Waals surface area contributed by atoms with Gasteiger partial charge in [0.15, 0.2) is 0 Å². The Bertz CT molecular complexity index is 1060. The standard InChI is InChI=1S/C20H16ClN3O3/c21-16-3-1-2-14(12-16)6-7-20(26)8-10-24(11-9-20)19(25)15-4-5-17-18(13-15)23-27-22-17/h1-5,12-13,26H,8-11H2. The minimum absolute atomic E-state index is 0.107. The van der Waals surface area contributed by atoms with Crippen molar-refractivity contribution in [3.8, 4) is 11.8 Å². The Kier molecular flexibility index (Phi) is 4.56. The maximum atomic E-state index is 12.7. The topological polar surface area (TPSA) is 79.5 Å². The Balaban J connectivity index is 1.44. The number of hydrogen-bond donors (Lipinski definition) is 1. The number of likely N-dealkylation sites (tertiary alicyclic amines) is 1. The van der Waals surface area contributed by atoms with Gasteiger partial charge in [-0.3, -0.25) is 4.79 Å². The van der Waals surface area contributed by atoms with Crippen LogP contribution in [-0.2, 0) is 0 Å². The van der Waals surface area contributed by atoms with Gasteiger partial charge in [-0.05, 0) is 46.7 Å². The maximum Gasteiger partial charge on any atom is 0.253 e. The number of piperidine rings is 1. The Morgan fingerprint density at radius 3 is 2.70 bits per heavy atom. The van der Waals surface area contributed by atoms with Gasteiger partial charge in [-0.15, -0.1) is 0 Å². The number of halogens is 1. The number of benzene rings is 2. The predicted octanol–water partition coefficient (Wildman–Crippen LogP) is 2.90. The molecule has 2 aromatic carbocycles. The molecule has 0 spiro atoms. The Labute approximate surface area is 160 Å². The first kappa shape index (κ1) is 17.5. The maximum absolute atomic E-state index is 12.7. The van der Waals surface area contributed by atoms with Crippen molar-refractivity contribution in [2.45, 2.75) is 18.4 Å². The molecule has 0 saturated carbocycles. The fraction of sp³-hybridized carbons (Fsp3) is 0.250. The highest BCUT2D eigenvalue weighted by Gasteiger charge is 2.32. The first-order valence-corrected chi connectivity index (χ1v) is 8.93. The van der Waals surface area contributed by atoms with Crippen LogP contribution < -0.4 is 0 Å². The van der Waals surface area contributed by atoms with Crippen molar-refractivity contribution in [2.75, 3.05) is 13.1 Å². The van der Waals surface area contributed by atoms with Gasteiger partial charge in [-0.2, -0.15) is 0 Å². The van der Waals surface area contributed by atoms with Gasteiger partial charge in [-0.25, -0.2) is 4.63 Å². The largest absolute Gasteiger partial charge is 0.377 e. The predicted molar refractivity (Wildman–Crippen MR) is 100 cm³/mol. The normalized spacial score (nSPS) is 16.0. The average Bonchev–Trinajstić information content (AvgIpc) is 3.14. The number of carbonyl (C=O) groups is 1. The molecule has 0 unspecified atom stereocenters. The highest BCUT2D eigenvalue weighted by atomic mass is 35.5. The third-order valence-electron chi connectivity index (χ3n) is 4.64. The number of aromatic nitrogens is 2. The summed E-state index contributed by atoms with van der Waals surface area (Å²) in [4.78, 5) is 14.4. The first-order chi connectivity index (χ1) is 13.0. The molecule has 0 aliphatic carbocycles. The third kappa shape index (κ3) is 3.80. The molecule has 7 heteroatoms. The van der Waals surface area contributed by atoms with Crippen molar-refractivity contribution in [1.82, 2.24) is 15.2 Å². The number of nitrogens with zero attached hydrogens (tertiary/aromatic N) is 3. The monoisotopic (exact) mass is 381 g/mol. The van der Waals surface area contributed by atoms with Crippen LogP contribution in [0.2, 0.25) is 5.02 Å². The summed E-state index contributed by atoms with van der Waals surface area (Å²) < 4.78 is 4.66. The summed E-state index contributed by atoms with van der Waals surface area (Å²) in [5, 5.41) is 18.8. The molecule has 3 aromatic rings. The summed E-state index contributed by atoms with van der Waals surface area (Å²) in [6.07, 6.45) is 0.778. The van der Waals surface area contributed by atoms with Crippen molar-refractivity contribution in [3.63, 3.8) is 0 Å². The number of carbonyl (C=O) groups excluding carboxylic acids is 1. The second kappa shape index (κ2) is 7.03. The summed E-state index contributed by atoms with van der Waals surface area (Å²) >= 11 is 5.95. The van der Waals surface area contributed by atoms with Crippen LogP contribution in [0.25, 0.3) is 11.0 Å². The zero-order valence-corrected chi connectivity index (χ0v) is 15.1. The Morgan fingerprint density at radius 2 is 1.93 bits per heavy atom. The minimum atomic E-state index is -1.11.